The fourth-order valence-electron chi connectivity index (χ4n) is 0.416. The molecule has 7 nitrogen and oxygen atoms in total. The van der Waals surface area contributed by atoms with Gasteiger partial charge in [0.1, 0.15) is 18.3 Å². The van der Waals surface area contributed by atoms with Crippen LogP contribution in [0.25, 0.3) is 0 Å². The number of aliphatic hydroxyl groups is 4. The van der Waals surface area contributed by atoms with E-state index in [1.165, 1.54) is 7.11 Å². The third-order valence-corrected chi connectivity index (χ3v) is 1.07. The summed E-state index contributed by atoms with van der Waals surface area (Å²) in [5, 5.41) is 34.1. The Balaban J connectivity index is 0. The van der Waals surface area contributed by atoms with Crippen molar-refractivity contribution in [3.63, 3.8) is 0 Å². The summed E-state index contributed by atoms with van der Waals surface area (Å²) in [5.74, 6) is 4.35. The van der Waals surface area contributed by atoms with Crippen LogP contribution in [-0.2, 0) is 9.63 Å². The lowest BCUT2D eigenvalue weighted by atomic mass is 10.1. The summed E-state index contributed by atoms with van der Waals surface area (Å²) in [7, 11) is 1.40. The van der Waals surface area contributed by atoms with Gasteiger partial charge in [-0.05, 0) is 0 Å². The Bertz CT molecular complexity index is 122. The van der Waals surface area contributed by atoms with Crippen molar-refractivity contribution in [1.29, 1.82) is 0 Å². The first kappa shape index (κ1) is 14.9. The molecule has 0 saturated heterocycles. The fourth-order valence-corrected chi connectivity index (χ4v) is 0.416. The summed E-state index contributed by atoms with van der Waals surface area (Å²) in [6.07, 6.45) is -4.63. The van der Waals surface area contributed by atoms with Gasteiger partial charge in [-0.3, -0.25) is 0 Å². The average Bonchev–Trinajstić information content (AvgIpc) is 2.15. The number of hydrogen-bond acceptors (Lipinski definition) is 7. The molecule has 0 aliphatic carbocycles. The number of nitrogens with two attached hydrogens (primary N) is 1. The summed E-state index contributed by atoms with van der Waals surface area (Å²) in [6.45, 7) is -0.688. The maximum absolute atomic E-state index is 9.76. The molecule has 0 aromatic carbocycles. The van der Waals surface area contributed by atoms with Crippen molar-refractivity contribution < 1.29 is 30.1 Å². The molecule has 3 atom stereocenters. The van der Waals surface area contributed by atoms with Crippen molar-refractivity contribution in [2.45, 2.75) is 18.3 Å². The Morgan fingerprint density at radius 2 is 1.85 bits per heavy atom. The molecule has 0 bridgehead atoms. The summed E-state index contributed by atoms with van der Waals surface area (Å²) in [5.41, 5.74) is 0. The quantitative estimate of drug-likeness (QED) is 0.236. The zero-order chi connectivity index (χ0) is 10.9. The average molecular weight is 197 g/mol. The molecule has 0 aliphatic heterocycles. The van der Waals surface area contributed by atoms with E-state index in [1.807, 2.05) is 0 Å². The Labute approximate surface area is 75.3 Å². The number of carbonyl (C=O) groups excluding carboxylic acids is 1. The first-order valence-electron chi connectivity index (χ1n) is 3.38. The summed E-state index contributed by atoms with van der Waals surface area (Å²) in [4.78, 5) is 13.5. The molecule has 0 heterocycles. The lowest BCUT2D eigenvalue weighted by molar-refractivity contribution is -0.127. The minimum atomic E-state index is -1.64. The maximum Gasteiger partial charge on any atom is 0.151 e. The zero-order valence-corrected chi connectivity index (χ0v) is 7.20. The van der Waals surface area contributed by atoms with Crippen LogP contribution in [-0.4, -0.2) is 58.7 Å². The lowest BCUT2D eigenvalue weighted by Gasteiger charge is -2.16. The molecular formula is C6H15NO6. The van der Waals surface area contributed by atoms with Gasteiger partial charge in [0.05, 0.1) is 13.7 Å². The second-order valence-corrected chi connectivity index (χ2v) is 2.10. The van der Waals surface area contributed by atoms with Crippen molar-refractivity contribution in [1.82, 2.24) is 0 Å². The highest BCUT2D eigenvalue weighted by Crippen LogP contribution is 1.96. The summed E-state index contributed by atoms with van der Waals surface area (Å²) >= 11 is 0. The van der Waals surface area contributed by atoms with Crippen molar-refractivity contribution in [3.8, 4) is 0 Å². The summed E-state index contributed by atoms with van der Waals surface area (Å²) in [6, 6.07) is 0. The van der Waals surface area contributed by atoms with Gasteiger partial charge in [0.2, 0.25) is 0 Å². The monoisotopic (exact) mass is 197 g/mol. The Hall–Kier alpha value is -0.570. The Kier molecular flexibility index (Phi) is 10.9. The molecule has 0 radical (unpaired) electrons. The van der Waals surface area contributed by atoms with Crippen LogP contribution in [0.2, 0.25) is 0 Å². The van der Waals surface area contributed by atoms with Gasteiger partial charge in [-0.25, -0.2) is 5.90 Å². The van der Waals surface area contributed by atoms with E-state index in [1.54, 1.807) is 0 Å². The molecule has 0 rings (SSSR count). The number of rotatable bonds is 4. The standard InChI is InChI=1S/C5H10O5.CH5NO/c6-1-3(8)5(10)4(9)2-7;1-3-2/h1,3-5,7-10H,2H2;2H2,1H3/t3-,4+,5-;/m0./s1. The molecule has 0 saturated carbocycles. The van der Waals surface area contributed by atoms with E-state index in [-0.39, 0.29) is 6.29 Å². The van der Waals surface area contributed by atoms with Crippen LogP contribution in [0.1, 0.15) is 0 Å². The van der Waals surface area contributed by atoms with E-state index in [0.717, 1.165) is 0 Å². The minimum absolute atomic E-state index is 0.0869. The molecule has 13 heavy (non-hydrogen) atoms. The first-order valence-corrected chi connectivity index (χ1v) is 3.38. The number of aliphatic hydroxyl groups excluding tert-OH is 4. The van der Waals surface area contributed by atoms with Gasteiger partial charge in [-0.1, -0.05) is 0 Å². The normalized spacial score (nSPS) is 16.5. The van der Waals surface area contributed by atoms with E-state index in [2.05, 4.69) is 10.7 Å². The van der Waals surface area contributed by atoms with Crippen molar-refractivity contribution in [3.05, 3.63) is 0 Å². The maximum atomic E-state index is 9.76. The Morgan fingerprint density at radius 3 is 2.08 bits per heavy atom. The highest BCUT2D eigenvalue weighted by Gasteiger charge is 2.22. The molecule has 0 aromatic rings. The highest BCUT2D eigenvalue weighted by atomic mass is 16.6. The van der Waals surface area contributed by atoms with Gasteiger partial charge in [-0.15, -0.1) is 0 Å². The van der Waals surface area contributed by atoms with Crippen LogP contribution < -0.4 is 5.90 Å². The molecule has 0 aliphatic rings. The van der Waals surface area contributed by atoms with Gasteiger partial charge in [0, 0.05) is 0 Å². The van der Waals surface area contributed by atoms with Crippen molar-refractivity contribution in [2.24, 2.45) is 5.90 Å². The molecule has 0 unspecified atom stereocenters. The number of hydrogen-bond donors (Lipinski definition) is 5. The minimum Gasteiger partial charge on any atom is -0.394 e. The predicted octanol–water partition coefficient (Wildman–Crippen LogP) is -3.23. The second kappa shape index (κ2) is 9.52. The molecule has 0 aromatic heterocycles. The molecular weight excluding hydrogens is 182 g/mol. The van der Waals surface area contributed by atoms with Gasteiger partial charge < -0.3 is 30.1 Å². The highest BCUT2D eigenvalue weighted by molar-refractivity contribution is 5.56. The lowest BCUT2D eigenvalue weighted by Crippen LogP contribution is -2.40. The van der Waals surface area contributed by atoms with E-state index in [4.69, 9.17) is 20.4 Å². The third kappa shape index (κ3) is 7.78. The van der Waals surface area contributed by atoms with E-state index in [9.17, 15) is 4.79 Å². The molecule has 80 valence electrons. The van der Waals surface area contributed by atoms with Gasteiger partial charge in [0.25, 0.3) is 0 Å². The van der Waals surface area contributed by atoms with Crippen molar-refractivity contribution >= 4 is 6.29 Å². The van der Waals surface area contributed by atoms with Gasteiger partial charge >= 0.3 is 0 Å². The predicted molar refractivity (Wildman–Crippen MR) is 42.4 cm³/mol. The number of aldehydes is 1. The topological polar surface area (TPSA) is 133 Å². The van der Waals surface area contributed by atoms with Gasteiger partial charge in [0.15, 0.2) is 6.29 Å². The Morgan fingerprint density at radius 1 is 1.46 bits per heavy atom. The fraction of sp³-hybridized carbons (Fsp3) is 0.833. The van der Waals surface area contributed by atoms with Crippen LogP contribution in [0.15, 0.2) is 0 Å². The van der Waals surface area contributed by atoms with E-state index in [0.29, 0.717) is 0 Å². The molecule has 0 spiro atoms. The van der Waals surface area contributed by atoms with E-state index < -0.39 is 24.9 Å². The van der Waals surface area contributed by atoms with Crippen LogP contribution in [0.4, 0.5) is 0 Å². The largest absolute Gasteiger partial charge is 0.394 e. The summed E-state index contributed by atoms with van der Waals surface area (Å²) < 4.78 is 0. The van der Waals surface area contributed by atoms with Gasteiger partial charge in [-0.2, -0.15) is 0 Å². The first-order chi connectivity index (χ1) is 6.04. The SMILES string of the molecule is CON.O=C[C@H](O)[C@H](O)[C@H](O)CO. The smallest absolute Gasteiger partial charge is 0.151 e. The van der Waals surface area contributed by atoms with Crippen LogP contribution in [0.3, 0.4) is 0 Å². The second-order valence-electron chi connectivity index (χ2n) is 2.10. The van der Waals surface area contributed by atoms with E-state index >= 15 is 0 Å². The molecule has 7 heteroatoms. The zero-order valence-electron chi connectivity index (χ0n) is 7.20. The van der Waals surface area contributed by atoms with Crippen LogP contribution in [0, 0.1) is 0 Å². The molecule has 0 fully saturated rings. The van der Waals surface area contributed by atoms with Crippen LogP contribution >= 0.6 is 0 Å². The third-order valence-electron chi connectivity index (χ3n) is 1.07. The van der Waals surface area contributed by atoms with Crippen molar-refractivity contribution in [2.75, 3.05) is 13.7 Å². The number of carbonyl (C=O) groups is 1. The van der Waals surface area contributed by atoms with Crippen LogP contribution in [0.5, 0.6) is 0 Å². The molecule has 6 N–H and O–H groups in total. The molecule has 0 amide bonds.